The van der Waals surface area contributed by atoms with E-state index in [4.69, 9.17) is 20.6 Å². The molecular weight excluding hydrogens is 298 g/mol. The van der Waals surface area contributed by atoms with Crippen LogP contribution in [0.5, 0.6) is 5.75 Å². The molecule has 0 fully saturated rings. The van der Waals surface area contributed by atoms with Crippen LogP contribution in [0.15, 0.2) is 24.3 Å². The first kappa shape index (κ1) is 18.5. The molecule has 7 heteroatoms. The Balaban J connectivity index is 2.69. The standard InChI is InChI=1S/C16H23N3O4/c1-10(19-15(21)23-16(2,3)4)14(20)22-12-8-6-5-7-11(12)9-13(17)18/h5-8,10H,9H2,1-4H3,(H3,17,18)(H,19,21)/t10-/m1/s1. The number of para-hydroxylation sites is 1. The lowest BCUT2D eigenvalue weighted by atomic mass is 10.1. The molecule has 0 aliphatic rings. The Morgan fingerprint density at radius 2 is 1.91 bits per heavy atom. The van der Waals surface area contributed by atoms with Crippen LogP contribution in [-0.4, -0.2) is 29.5 Å². The summed E-state index contributed by atoms with van der Waals surface area (Å²) in [6.07, 6.45) is -0.517. The van der Waals surface area contributed by atoms with E-state index in [1.165, 1.54) is 6.92 Å². The molecule has 126 valence electrons. The van der Waals surface area contributed by atoms with Gasteiger partial charge in [-0.05, 0) is 33.8 Å². The summed E-state index contributed by atoms with van der Waals surface area (Å²) >= 11 is 0. The number of hydrogen-bond acceptors (Lipinski definition) is 5. The molecule has 0 heterocycles. The maximum absolute atomic E-state index is 12.1. The Hall–Kier alpha value is -2.57. The van der Waals surface area contributed by atoms with Crippen LogP contribution in [0.3, 0.4) is 0 Å². The number of alkyl carbamates (subject to hydrolysis) is 1. The van der Waals surface area contributed by atoms with Gasteiger partial charge in [0.15, 0.2) is 0 Å². The second kappa shape index (κ2) is 7.62. The Bertz CT molecular complexity index is 593. The lowest BCUT2D eigenvalue weighted by Gasteiger charge is -2.21. The highest BCUT2D eigenvalue weighted by molar-refractivity contribution is 5.84. The minimum Gasteiger partial charge on any atom is -0.444 e. The number of nitrogens with two attached hydrogens (primary N) is 1. The number of carbonyl (C=O) groups excluding carboxylic acids is 2. The molecule has 0 saturated heterocycles. The van der Waals surface area contributed by atoms with Gasteiger partial charge in [-0.1, -0.05) is 18.2 Å². The second-order valence-electron chi connectivity index (χ2n) is 6.10. The second-order valence-corrected chi connectivity index (χ2v) is 6.10. The first-order valence-electron chi connectivity index (χ1n) is 7.20. The fraction of sp³-hybridized carbons (Fsp3) is 0.438. The van der Waals surface area contributed by atoms with Gasteiger partial charge in [-0.2, -0.15) is 0 Å². The van der Waals surface area contributed by atoms with E-state index in [1.54, 1.807) is 45.0 Å². The number of carbonyl (C=O) groups is 2. The van der Waals surface area contributed by atoms with Crippen LogP contribution >= 0.6 is 0 Å². The first-order chi connectivity index (χ1) is 10.6. The summed E-state index contributed by atoms with van der Waals surface area (Å²) in [4.78, 5) is 23.7. The molecule has 0 saturated carbocycles. The van der Waals surface area contributed by atoms with Gasteiger partial charge in [0.25, 0.3) is 0 Å². The number of rotatable bonds is 5. The summed E-state index contributed by atoms with van der Waals surface area (Å²) in [6, 6.07) is 5.91. The van der Waals surface area contributed by atoms with E-state index in [2.05, 4.69) is 5.32 Å². The van der Waals surface area contributed by atoms with Gasteiger partial charge in [-0.3, -0.25) is 5.41 Å². The van der Waals surface area contributed by atoms with E-state index in [9.17, 15) is 9.59 Å². The van der Waals surface area contributed by atoms with Crippen molar-refractivity contribution in [3.8, 4) is 5.75 Å². The molecule has 4 N–H and O–H groups in total. The van der Waals surface area contributed by atoms with Crippen molar-refractivity contribution in [2.24, 2.45) is 5.73 Å². The molecule has 1 amide bonds. The normalized spacial score (nSPS) is 12.2. The number of esters is 1. The zero-order valence-electron chi connectivity index (χ0n) is 13.8. The molecule has 1 aromatic carbocycles. The lowest BCUT2D eigenvalue weighted by molar-refractivity contribution is -0.136. The summed E-state index contributed by atoms with van der Waals surface area (Å²) in [6.45, 7) is 6.69. The van der Waals surface area contributed by atoms with Gasteiger partial charge in [-0.25, -0.2) is 9.59 Å². The monoisotopic (exact) mass is 321 g/mol. The van der Waals surface area contributed by atoms with Gasteiger partial charge in [0.05, 0.1) is 5.84 Å². The smallest absolute Gasteiger partial charge is 0.408 e. The van der Waals surface area contributed by atoms with Gasteiger partial charge in [0.2, 0.25) is 0 Å². The lowest BCUT2D eigenvalue weighted by Crippen LogP contribution is -2.43. The van der Waals surface area contributed by atoms with Crippen LogP contribution in [0.2, 0.25) is 0 Å². The molecule has 0 unspecified atom stereocenters. The number of benzene rings is 1. The minimum atomic E-state index is -0.879. The van der Waals surface area contributed by atoms with Crippen LogP contribution in [-0.2, 0) is 16.0 Å². The predicted octanol–water partition coefficient (Wildman–Crippen LogP) is 1.98. The number of amidine groups is 1. The zero-order valence-corrected chi connectivity index (χ0v) is 13.8. The van der Waals surface area contributed by atoms with Gasteiger partial charge >= 0.3 is 12.1 Å². The Morgan fingerprint density at radius 3 is 2.48 bits per heavy atom. The molecule has 1 atom stereocenters. The largest absolute Gasteiger partial charge is 0.444 e. The average molecular weight is 321 g/mol. The molecule has 1 rings (SSSR count). The van der Waals surface area contributed by atoms with Crippen molar-refractivity contribution < 1.29 is 19.1 Å². The van der Waals surface area contributed by atoms with E-state index in [1.807, 2.05) is 0 Å². The molecule has 0 radical (unpaired) electrons. The van der Waals surface area contributed by atoms with Crippen LogP contribution in [0.4, 0.5) is 4.79 Å². The summed E-state index contributed by atoms with van der Waals surface area (Å²) in [5.74, 6) is -0.356. The third-order valence-corrected chi connectivity index (χ3v) is 2.65. The van der Waals surface area contributed by atoms with Crippen molar-refractivity contribution in [2.45, 2.75) is 45.8 Å². The van der Waals surface area contributed by atoms with Gasteiger partial charge in [-0.15, -0.1) is 0 Å². The number of nitrogens with one attached hydrogen (secondary N) is 2. The fourth-order valence-corrected chi connectivity index (χ4v) is 1.69. The SMILES string of the molecule is C[C@@H](NC(=O)OC(C)(C)C)C(=O)Oc1ccccc1CC(=N)N. The molecular formula is C16H23N3O4. The summed E-state index contributed by atoms with van der Waals surface area (Å²) in [5, 5.41) is 9.75. The summed E-state index contributed by atoms with van der Waals surface area (Å²) in [7, 11) is 0. The van der Waals surface area contributed by atoms with Crippen molar-refractivity contribution >= 4 is 17.9 Å². The van der Waals surface area contributed by atoms with Crippen molar-refractivity contribution in [2.75, 3.05) is 0 Å². The van der Waals surface area contributed by atoms with E-state index in [0.717, 1.165) is 0 Å². The molecule has 0 aromatic heterocycles. The van der Waals surface area contributed by atoms with Crippen molar-refractivity contribution in [3.05, 3.63) is 29.8 Å². The van der Waals surface area contributed by atoms with E-state index in [0.29, 0.717) is 11.3 Å². The molecule has 0 bridgehead atoms. The molecule has 0 aliphatic heterocycles. The predicted molar refractivity (Wildman–Crippen MR) is 86.5 cm³/mol. The highest BCUT2D eigenvalue weighted by atomic mass is 16.6. The van der Waals surface area contributed by atoms with Crippen molar-refractivity contribution in [3.63, 3.8) is 0 Å². The van der Waals surface area contributed by atoms with Crippen molar-refractivity contribution in [1.29, 1.82) is 5.41 Å². The molecule has 23 heavy (non-hydrogen) atoms. The van der Waals surface area contributed by atoms with Crippen LogP contribution in [0.1, 0.15) is 33.3 Å². The number of ether oxygens (including phenoxy) is 2. The molecule has 1 aromatic rings. The van der Waals surface area contributed by atoms with E-state index >= 15 is 0 Å². The van der Waals surface area contributed by atoms with E-state index in [-0.39, 0.29) is 12.3 Å². The van der Waals surface area contributed by atoms with Crippen LogP contribution < -0.4 is 15.8 Å². The van der Waals surface area contributed by atoms with E-state index < -0.39 is 23.7 Å². The highest BCUT2D eigenvalue weighted by Gasteiger charge is 2.22. The average Bonchev–Trinajstić information content (AvgIpc) is 2.37. The maximum Gasteiger partial charge on any atom is 0.408 e. The quantitative estimate of drug-likeness (QED) is 0.332. The van der Waals surface area contributed by atoms with Crippen LogP contribution in [0.25, 0.3) is 0 Å². The topological polar surface area (TPSA) is 114 Å². The highest BCUT2D eigenvalue weighted by Crippen LogP contribution is 2.19. The minimum absolute atomic E-state index is 0.0339. The Kier molecular flexibility index (Phi) is 6.12. The first-order valence-corrected chi connectivity index (χ1v) is 7.20. The molecule has 0 spiro atoms. The van der Waals surface area contributed by atoms with Gasteiger partial charge < -0.3 is 20.5 Å². The zero-order chi connectivity index (χ0) is 17.6. The Morgan fingerprint density at radius 1 is 1.30 bits per heavy atom. The van der Waals surface area contributed by atoms with Gasteiger partial charge in [0, 0.05) is 12.0 Å². The Labute approximate surface area is 135 Å². The third kappa shape index (κ3) is 6.82. The number of amides is 1. The van der Waals surface area contributed by atoms with Gasteiger partial charge in [0.1, 0.15) is 17.4 Å². The van der Waals surface area contributed by atoms with Crippen molar-refractivity contribution in [1.82, 2.24) is 5.32 Å². The summed E-state index contributed by atoms with van der Waals surface area (Å²) < 4.78 is 10.4. The third-order valence-electron chi connectivity index (χ3n) is 2.65. The van der Waals surface area contributed by atoms with Crippen LogP contribution in [0, 0.1) is 5.41 Å². The molecule has 7 nitrogen and oxygen atoms in total. The summed E-state index contributed by atoms with van der Waals surface area (Å²) in [5.41, 5.74) is 5.35. The number of hydrogen-bond donors (Lipinski definition) is 3. The fourth-order valence-electron chi connectivity index (χ4n) is 1.69. The maximum atomic E-state index is 12.1. The molecule has 0 aliphatic carbocycles.